The Labute approximate surface area is 142 Å². The van der Waals surface area contributed by atoms with E-state index >= 15 is 0 Å². The lowest BCUT2D eigenvalue weighted by atomic mass is 10.0. The molecule has 0 radical (unpaired) electrons. The highest BCUT2D eigenvalue weighted by atomic mass is 35.5. The van der Waals surface area contributed by atoms with Gasteiger partial charge in [-0.15, -0.1) is 12.4 Å². The molecule has 4 N–H and O–H groups in total. The van der Waals surface area contributed by atoms with Crippen LogP contribution < -0.4 is 16.4 Å². The molecular weight excluding hydrogens is 325 g/mol. The molecule has 0 fully saturated rings. The zero-order valence-corrected chi connectivity index (χ0v) is 14.3. The van der Waals surface area contributed by atoms with Crippen molar-refractivity contribution < 1.29 is 9.59 Å². The first-order valence-electron chi connectivity index (χ1n) is 6.93. The Hall–Kier alpha value is -1.30. The first-order chi connectivity index (χ1) is 9.88. The van der Waals surface area contributed by atoms with E-state index in [4.69, 9.17) is 17.3 Å². The standard InChI is InChI=1S/C15H22ClN3O2.ClH/c1-10(17)7-8-18-15(21)9-14(19-11(2)20)12-3-5-13(16)6-4-12;/h3-6,10,14H,7-9,17H2,1-2H3,(H,18,21)(H,19,20);1H. The van der Waals surface area contributed by atoms with Crippen LogP contribution in [0, 0.1) is 0 Å². The Balaban J connectivity index is 0.00000441. The molecule has 0 spiro atoms. The molecule has 7 heteroatoms. The second-order valence-corrected chi connectivity index (χ2v) is 5.56. The van der Waals surface area contributed by atoms with E-state index in [-0.39, 0.29) is 42.7 Å². The number of hydrogen-bond donors (Lipinski definition) is 3. The molecule has 5 nitrogen and oxygen atoms in total. The van der Waals surface area contributed by atoms with E-state index in [1.54, 1.807) is 24.3 Å². The quantitative estimate of drug-likeness (QED) is 0.706. The minimum absolute atomic E-state index is 0. The van der Waals surface area contributed by atoms with Gasteiger partial charge in [0.25, 0.3) is 0 Å². The van der Waals surface area contributed by atoms with Gasteiger partial charge in [0.2, 0.25) is 11.8 Å². The van der Waals surface area contributed by atoms with Gasteiger partial charge in [-0.25, -0.2) is 0 Å². The molecule has 0 bridgehead atoms. The van der Waals surface area contributed by atoms with Crippen LogP contribution in [0.25, 0.3) is 0 Å². The molecule has 0 aliphatic carbocycles. The number of carbonyl (C=O) groups is 2. The summed E-state index contributed by atoms with van der Waals surface area (Å²) in [6.45, 7) is 3.85. The fourth-order valence-corrected chi connectivity index (χ4v) is 2.02. The molecule has 2 atom stereocenters. The minimum Gasteiger partial charge on any atom is -0.356 e. The van der Waals surface area contributed by atoms with Gasteiger partial charge in [-0.2, -0.15) is 0 Å². The predicted molar refractivity (Wildman–Crippen MR) is 91.2 cm³/mol. The van der Waals surface area contributed by atoms with Crippen molar-refractivity contribution in [1.29, 1.82) is 0 Å². The van der Waals surface area contributed by atoms with Crippen LogP contribution in [0.3, 0.4) is 0 Å². The molecular formula is C15H23Cl2N3O2. The molecule has 2 amide bonds. The maximum absolute atomic E-state index is 11.9. The van der Waals surface area contributed by atoms with Gasteiger partial charge in [0, 0.05) is 24.5 Å². The normalized spacial score (nSPS) is 12.7. The molecule has 1 rings (SSSR count). The molecule has 0 heterocycles. The van der Waals surface area contributed by atoms with Crippen LogP contribution in [0.1, 0.15) is 38.3 Å². The number of nitrogens with two attached hydrogens (primary N) is 1. The Morgan fingerprint density at radius 3 is 2.36 bits per heavy atom. The summed E-state index contributed by atoms with van der Waals surface area (Å²) in [4.78, 5) is 23.2. The zero-order valence-electron chi connectivity index (χ0n) is 12.8. The number of rotatable bonds is 7. The van der Waals surface area contributed by atoms with Gasteiger partial charge < -0.3 is 16.4 Å². The van der Waals surface area contributed by atoms with Crippen molar-refractivity contribution in [2.45, 2.75) is 38.8 Å². The van der Waals surface area contributed by atoms with Crippen molar-refractivity contribution in [3.05, 3.63) is 34.9 Å². The third-order valence-corrected chi connectivity index (χ3v) is 3.21. The number of halogens is 2. The highest BCUT2D eigenvalue weighted by Gasteiger charge is 2.16. The molecule has 1 aromatic carbocycles. The Morgan fingerprint density at radius 2 is 1.86 bits per heavy atom. The predicted octanol–water partition coefficient (Wildman–Crippen LogP) is 2.18. The van der Waals surface area contributed by atoms with Gasteiger partial charge in [-0.1, -0.05) is 23.7 Å². The van der Waals surface area contributed by atoms with E-state index in [2.05, 4.69) is 10.6 Å². The number of amides is 2. The van der Waals surface area contributed by atoms with Crippen molar-refractivity contribution in [3.8, 4) is 0 Å². The molecule has 124 valence electrons. The second kappa shape index (κ2) is 10.4. The van der Waals surface area contributed by atoms with Crippen molar-refractivity contribution in [2.24, 2.45) is 5.73 Å². The lowest BCUT2D eigenvalue weighted by molar-refractivity contribution is -0.122. The van der Waals surface area contributed by atoms with Gasteiger partial charge in [0.15, 0.2) is 0 Å². The highest BCUT2D eigenvalue weighted by molar-refractivity contribution is 6.30. The van der Waals surface area contributed by atoms with Crippen LogP contribution in [-0.4, -0.2) is 24.4 Å². The molecule has 22 heavy (non-hydrogen) atoms. The molecule has 0 aliphatic rings. The van der Waals surface area contributed by atoms with Crippen molar-refractivity contribution >= 4 is 35.8 Å². The highest BCUT2D eigenvalue weighted by Crippen LogP contribution is 2.19. The lowest BCUT2D eigenvalue weighted by Gasteiger charge is -2.18. The van der Waals surface area contributed by atoms with Crippen molar-refractivity contribution in [3.63, 3.8) is 0 Å². The molecule has 0 saturated heterocycles. The van der Waals surface area contributed by atoms with Crippen LogP contribution in [-0.2, 0) is 9.59 Å². The van der Waals surface area contributed by atoms with Gasteiger partial charge in [0.05, 0.1) is 12.5 Å². The van der Waals surface area contributed by atoms with Crippen LogP contribution >= 0.6 is 24.0 Å². The summed E-state index contributed by atoms with van der Waals surface area (Å²) in [6.07, 6.45) is 0.900. The average Bonchev–Trinajstić information content (AvgIpc) is 2.37. The number of carbonyl (C=O) groups excluding carboxylic acids is 2. The van der Waals surface area contributed by atoms with Gasteiger partial charge >= 0.3 is 0 Å². The van der Waals surface area contributed by atoms with E-state index in [0.717, 1.165) is 12.0 Å². The Morgan fingerprint density at radius 1 is 1.27 bits per heavy atom. The van der Waals surface area contributed by atoms with Gasteiger partial charge in [-0.05, 0) is 31.0 Å². The summed E-state index contributed by atoms with van der Waals surface area (Å²) < 4.78 is 0. The van der Waals surface area contributed by atoms with E-state index < -0.39 is 0 Å². The first kappa shape index (κ1) is 20.7. The first-order valence-corrected chi connectivity index (χ1v) is 7.31. The summed E-state index contributed by atoms with van der Waals surface area (Å²) in [5.74, 6) is -0.303. The summed E-state index contributed by atoms with van der Waals surface area (Å²) in [5, 5.41) is 6.19. The van der Waals surface area contributed by atoms with E-state index in [1.165, 1.54) is 6.92 Å². The number of nitrogens with one attached hydrogen (secondary N) is 2. The van der Waals surface area contributed by atoms with Crippen molar-refractivity contribution in [1.82, 2.24) is 10.6 Å². The van der Waals surface area contributed by atoms with Crippen LogP contribution in [0.4, 0.5) is 0 Å². The zero-order chi connectivity index (χ0) is 15.8. The smallest absolute Gasteiger partial charge is 0.222 e. The van der Waals surface area contributed by atoms with Crippen LogP contribution in [0.5, 0.6) is 0 Å². The van der Waals surface area contributed by atoms with E-state index in [1.807, 2.05) is 6.92 Å². The summed E-state index contributed by atoms with van der Waals surface area (Å²) in [7, 11) is 0. The average molecular weight is 348 g/mol. The molecule has 0 aromatic heterocycles. The Bertz CT molecular complexity index is 478. The lowest BCUT2D eigenvalue weighted by Crippen LogP contribution is -2.34. The topological polar surface area (TPSA) is 84.2 Å². The van der Waals surface area contributed by atoms with Gasteiger partial charge in [0.1, 0.15) is 0 Å². The largest absolute Gasteiger partial charge is 0.356 e. The van der Waals surface area contributed by atoms with Gasteiger partial charge in [-0.3, -0.25) is 9.59 Å². The molecule has 0 aliphatic heterocycles. The molecule has 1 aromatic rings. The molecule has 2 unspecified atom stereocenters. The monoisotopic (exact) mass is 347 g/mol. The minimum atomic E-state index is -0.366. The third kappa shape index (κ3) is 8.22. The summed E-state index contributed by atoms with van der Waals surface area (Å²) in [6, 6.07) is 6.76. The van der Waals surface area contributed by atoms with E-state index in [0.29, 0.717) is 11.6 Å². The van der Waals surface area contributed by atoms with Crippen LogP contribution in [0.15, 0.2) is 24.3 Å². The number of hydrogen-bond acceptors (Lipinski definition) is 3. The summed E-state index contributed by atoms with van der Waals surface area (Å²) >= 11 is 5.85. The Kier molecular flexibility index (Phi) is 9.81. The third-order valence-electron chi connectivity index (χ3n) is 2.96. The second-order valence-electron chi connectivity index (χ2n) is 5.12. The molecule has 0 saturated carbocycles. The maximum Gasteiger partial charge on any atom is 0.222 e. The number of benzene rings is 1. The SMILES string of the molecule is CC(=O)NC(CC(=O)NCCC(C)N)c1ccc(Cl)cc1.Cl. The fraction of sp³-hybridized carbons (Fsp3) is 0.467. The fourth-order valence-electron chi connectivity index (χ4n) is 1.89. The maximum atomic E-state index is 11.9. The van der Waals surface area contributed by atoms with E-state index in [9.17, 15) is 9.59 Å². The van der Waals surface area contributed by atoms with Crippen LogP contribution in [0.2, 0.25) is 5.02 Å². The van der Waals surface area contributed by atoms with Crippen molar-refractivity contribution in [2.75, 3.05) is 6.54 Å². The summed E-state index contributed by atoms with van der Waals surface area (Å²) in [5.41, 5.74) is 6.47.